The van der Waals surface area contributed by atoms with Gasteiger partial charge in [-0.05, 0) is 24.3 Å². The normalized spacial score (nSPS) is 9.75. The first-order valence-corrected chi connectivity index (χ1v) is 4.64. The summed E-state index contributed by atoms with van der Waals surface area (Å²) < 4.78 is 6.61. The quantitative estimate of drug-likeness (QED) is 0.818. The maximum Gasteiger partial charge on any atom is 0.185 e. The molecule has 0 fully saturated rings. The Bertz CT molecular complexity index is 536. The van der Waals surface area contributed by atoms with Gasteiger partial charge in [0.05, 0.1) is 24.7 Å². The predicted octanol–water partition coefficient (Wildman–Crippen LogP) is 1.33. The van der Waals surface area contributed by atoms with Crippen molar-refractivity contribution in [3.8, 4) is 17.5 Å². The van der Waals surface area contributed by atoms with Crippen LogP contribution in [0.15, 0.2) is 30.5 Å². The number of nitrogen functional groups attached to an aromatic ring is 1. The third-order valence-electron chi connectivity index (χ3n) is 2.19. The minimum atomic E-state index is 0.232. The summed E-state index contributed by atoms with van der Waals surface area (Å²) in [6.07, 6.45) is 1.61. The van der Waals surface area contributed by atoms with Crippen molar-refractivity contribution in [2.75, 3.05) is 12.8 Å². The number of ether oxygens (including phenoxy) is 1. The van der Waals surface area contributed by atoms with Crippen LogP contribution in [0.5, 0.6) is 5.75 Å². The first kappa shape index (κ1) is 10.1. The van der Waals surface area contributed by atoms with Crippen molar-refractivity contribution in [1.82, 2.24) is 9.78 Å². The molecule has 0 radical (unpaired) electrons. The summed E-state index contributed by atoms with van der Waals surface area (Å²) in [4.78, 5) is 0. The highest BCUT2D eigenvalue weighted by Gasteiger charge is 2.05. The van der Waals surface area contributed by atoms with Crippen molar-refractivity contribution >= 4 is 5.69 Å². The molecule has 1 heterocycles. The number of rotatable bonds is 2. The van der Waals surface area contributed by atoms with Crippen LogP contribution in [-0.4, -0.2) is 16.9 Å². The van der Waals surface area contributed by atoms with E-state index in [1.54, 1.807) is 18.0 Å². The van der Waals surface area contributed by atoms with Gasteiger partial charge in [-0.1, -0.05) is 0 Å². The molecule has 0 amide bonds. The number of nitrogens with two attached hydrogens (primary N) is 1. The molecule has 5 heteroatoms. The second-order valence-corrected chi connectivity index (χ2v) is 3.19. The molecule has 0 aliphatic rings. The van der Waals surface area contributed by atoms with E-state index in [9.17, 15) is 0 Å². The zero-order valence-electron chi connectivity index (χ0n) is 8.71. The molecule has 2 rings (SSSR count). The topological polar surface area (TPSA) is 76.9 Å². The van der Waals surface area contributed by atoms with Crippen LogP contribution in [0.4, 0.5) is 5.69 Å². The molecule has 0 atom stereocenters. The lowest BCUT2D eigenvalue weighted by Crippen LogP contribution is -1.94. The van der Waals surface area contributed by atoms with E-state index >= 15 is 0 Å². The van der Waals surface area contributed by atoms with E-state index in [4.69, 9.17) is 15.7 Å². The molecule has 0 unspecified atom stereocenters. The van der Waals surface area contributed by atoms with Gasteiger partial charge in [-0.2, -0.15) is 10.4 Å². The summed E-state index contributed by atoms with van der Waals surface area (Å²) in [6, 6.07) is 9.24. The summed E-state index contributed by atoms with van der Waals surface area (Å²) in [5, 5.41) is 12.8. The summed E-state index contributed by atoms with van der Waals surface area (Å²) in [5.74, 6) is 0.768. The van der Waals surface area contributed by atoms with Crippen LogP contribution in [0.3, 0.4) is 0 Å². The smallest absolute Gasteiger partial charge is 0.185 e. The number of anilines is 1. The standard InChI is InChI=1S/C11H10N4O/c1-16-9-4-2-8(3-5-9)15-7-10(13)11(6-12)14-15/h2-5,7H,13H2,1H3. The van der Waals surface area contributed by atoms with Crippen molar-refractivity contribution in [1.29, 1.82) is 5.26 Å². The Morgan fingerprint density at radius 2 is 2.06 bits per heavy atom. The van der Waals surface area contributed by atoms with Crippen LogP contribution >= 0.6 is 0 Å². The fourth-order valence-electron chi connectivity index (χ4n) is 1.34. The van der Waals surface area contributed by atoms with Gasteiger partial charge in [0.15, 0.2) is 5.69 Å². The second kappa shape index (κ2) is 3.95. The SMILES string of the molecule is COc1ccc(-n2cc(N)c(C#N)n2)cc1. The van der Waals surface area contributed by atoms with Gasteiger partial charge in [-0.25, -0.2) is 4.68 Å². The zero-order valence-corrected chi connectivity index (χ0v) is 8.71. The van der Waals surface area contributed by atoms with E-state index in [0.29, 0.717) is 5.69 Å². The highest BCUT2D eigenvalue weighted by atomic mass is 16.5. The highest BCUT2D eigenvalue weighted by molar-refractivity contribution is 5.50. The van der Waals surface area contributed by atoms with Crippen molar-refractivity contribution in [2.24, 2.45) is 0 Å². The summed E-state index contributed by atoms with van der Waals surface area (Å²) >= 11 is 0. The molecule has 1 aromatic carbocycles. The lowest BCUT2D eigenvalue weighted by Gasteiger charge is -2.02. The van der Waals surface area contributed by atoms with E-state index in [2.05, 4.69) is 5.10 Å². The number of benzene rings is 1. The number of aromatic nitrogens is 2. The Hall–Kier alpha value is -2.48. The first-order valence-electron chi connectivity index (χ1n) is 4.64. The highest BCUT2D eigenvalue weighted by Crippen LogP contribution is 2.16. The fraction of sp³-hybridized carbons (Fsp3) is 0.0909. The van der Waals surface area contributed by atoms with Gasteiger partial charge in [0.2, 0.25) is 0 Å². The van der Waals surface area contributed by atoms with E-state index < -0.39 is 0 Å². The van der Waals surface area contributed by atoms with Gasteiger partial charge < -0.3 is 10.5 Å². The van der Waals surface area contributed by atoms with E-state index in [1.807, 2.05) is 30.3 Å². The number of hydrogen-bond donors (Lipinski definition) is 1. The summed E-state index contributed by atoms with van der Waals surface area (Å²) in [5.41, 5.74) is 7.05. The third-order valence-corrected chi connectivity index (χ3v) is 2.19. The van der Waals surface area contributed by atoms with E-state index in [1.165, 1.54) is 0 Å². The molecule has 2 N–H and O–H groups in total. The van der Waals surface area contributed by atoms with Crippen LogP contribution < -0.4 is 10.5 Å². The number of nitriles is 1. The minimum Gasteiger partial charge on any atom is -0.497 e. The van der Waals surface area contributed by atoms with Gasteiger partial charge in [0.25, 0.3) is 0 Å². The molecule has 0 bridgehead atoms. The summed E-state index contributed by atoms with van der Waals surface area (Å²) in [6.45, 7) is 0. The van der Waals surface area contributed by atoms with Crippen LogP contribution in [-0.2, 0) is 0 Å². The Kier molecular flexibility index (Phi) is 2.48. The third kappa shape index (κ3) is 1.68. The molecule has 5 nitrogen and oxygen atoms in total. The van der Waals surface area contributed by atoms with Crippen LogP contribution in [0.1, 0.15) is 5.69 Å². The van der Waals surface area contributed by atoms with Gasteiger partial charge in [0, 0.05) is 0 Å². The molecule has 16 heavy (non-hydrogen) atoms. The van der Waals surface area contributed by atoms with E-state index in [-0.39, 0.29) is 5.69 Å². The Morgan fingerprint density at radius 1 is 1.38 bits per heavy atom. The Labute approximate surface area is 92.7 Å². The average molecular weight is 214 g/mol. The molecular weight excluding hydrogens is 204 g/mol. The zero-order chi connectivity index (χ0) is 11.5. The molecule has 0 aliphatic heterocycles. The molecule has 1 aromatic heterocycles. The largest absolute Gasteiger partial charge is 0.497 e. The van der Waals surface area contributed by atoms with E-state index in [0.717, 1.165) is 11.4 Å². The van der Waals surface area contributed by atoms with Gasteiger partial charge >= 0.3 is 0 Å². The fourth-order valence-corrected chi connectivity index (χ4v) is 1.34. The van der Waals surface area contributed by atoms with Gasteiger partial charge in [-0.3, -0.25) is 0 Å². The lowest BCUT2D eigenvalue weighted by atomic mass is 10.3. The number of methoxy groups -OCH3 is 1. The van der Waals surface area contributed by atoms with Gasteiger partial charge in [0.1, 0.15) is 11.8 Å². The second-order valence-electron chi connectivity index (χ2n) is 3.19. The molecular formula is C11H10N4O. The van der Waals surface area contributed by atoms with Crippen molar-refractivity contribution in [2.45, 2.75) is 0 Å². The average Bonchev–Trinajstić information content (AvgIpc) is 2.71. The maximum atomic E-state index is 8.74. The molecule has 2 aromatic rings. The monoisotopic (exact) mass is 214 g/mol. The molecule has 0 saturated heterocycles. The molecule has 0 spiro atoms. The lowest BCUT2D eigenvalue weighted by molar-refractivity contribution is 0.414. The van der Waals surface area contributed by atoms with Gasteiger partial charge in [-0.15, -0.1) is 0 Å². The number of nitrogens with zero attached hydrogens (tertiary/aromatic N) is 3. The van der Waals surface area contributed by atoms with Crippen LogP contribution in [0.25, 0.3) is 5.69 Å². The summed E-state index contributed by atoms with van der Waals surface area (Å²) in [7, 11) is 1.61. The van der Waals surface area contributed by atoms with Crippen molar-refractivity contribution < 1.29 is 4.74 Å². The maximum absolute atomic E-state index is 8.74. The number of hydrogen-bond acceptors (Lipinski definition) is 4. The predicted molar refractivity (Wildman–Crippen MR) is 59.2 cm³/mol. The van der Waals surface area contributed by atoms with Crippen molar-refractivity contribution in [3.05, 3.63) is 36.2 Å². The molecule has 80 valence electrons. The van der Waals surface area contributed by atoms with Crippen molar-refractivity contribution in [3.63, 3.8) is 0 Å². The van der Waals surface area contributed by atoms with Crippen LogP contribution in [0.2, 0.25) is 0 Å². The first-order chi connectivity index (χ1) is 7.74. The molecule has 0 aliphatic carbocycles. The molecule has 0 saturated carbocycles. The minimum absolute atomic E-state index is 0.232. The van der Waals surface area contributed by atoms with Crippen LogP contribution in [0, 0.1) is 11.3 Å². The Balaban J connectivity index is 2.39. The Morgan fingerprint density at radius 3 is 2.56 bits per heavy atom.